The predicted octanol–water partition coefficient (Wildman–Crippen LogP) is 3.47. The minimum atomic E-state index is 0.627. The Kier molecular flexibility index (Phi) is 2.20. The van der Waals surface area contributed by atoms with Crippen LogP contribution in [0.4, 0.5) is 0 Å². The molecule has 0 aromatic carbocycles. The Bertz CT molecular complexity index is 731. The van der Waals surface area contributed by atoms with Gasteiger partial charge in [-0.15, -0.1) is 11.3 Å². The van der Waals surface area contributed by atoms with E-state index < -0.39 is 0 Å². The standard InChI is InChI=1S/C13H9N3S/c1-8-4-5-11(17-8)13-9(7-14)12-10(16-13)3-2-6-15-12/h2-6,16H,1H3. The molecule has 0 unspecified atom stereocenters. The fourth-order valence-corrected chi connectivity index (χ4v) is 2.76. The Hall–Kier alpha value is -2.12. The van der Waals surface area contributed by atoms with Crippen molar-refractivity contribution in [2.75, 3.05) is 0 Å². The van der Waals surface area contributed by atoms with E-state index >= 15 is 0 Å². The normalized spacial score (nSPS) is 10.6. The second-order valence-corrected chi connectivity index (χ2v) is 5.08. The molecule has 0 fully saturated rings. The number of nitriles is 1. The summed E-state index contributed by atoms with van der Waals surface area (Å²) in [5.41, 5.74) is 3.16. The molecule has 17 heavy (non-hydrogen) atoms. The van der Waals surface area contributed by atoms with E-state index in [1.165, 1.54) is 4.88 Å². The molecule has 0 aliphatic rings. The van der Waals surface area contributed by atoms with Crippen LogP contribution in [0.5, 0.6) is 0 Å². The third-order valence-corrected chi connectivity index (χ3v) is 3.67. The number of rotatable bonds is 1. The van der Waals surface area contributed by atoms with Gasteiger partial charge in [0.2, 0.25) is 0 Å². The van der Waals surface area contributed by atoms with Gasteiger partial charge in [0, 0.05) is 11.1 Å². The molecule has 3 aromatic rings. The molecule has 1 N–H and O–H groups in total. The summed E-state index contributed by atoms with van der Waals surface area (Å²) in [5.74, 6) is 0. The number of pyridine rings is 1. The van der Waals surface area contributed by atoms with Crippen LogP contribution >= 0.6 is 11.3 Å². The zero-order valence-electron chi connectivity index (χ0n) is 9.19. The van der Waals surface area contributed by atoms with E-state index in [1.807, 2.05) is 18.2 Å². The molecule has 0 atom stereocenters. The summed E-state index contributed by atoms with van der Waals surface area (Å²) in [4.78, 5) is 9.84. The molecule has 0 amide bonds. The highest BCUT2D eigenvalue weighted by atomic mass is 32.1. The molecule has 82 valence electrons. The zero-order chi connectivity index (χ0) is 11.8. The maximum absolute atomic E-state index is 9.27. The Balaban J connectivity index is 2.34. The smallest absolute Gasteiger partial charge is 0.106 e. The monoisotopic (exact) mass is 239 g/mol. The van der Waals surface area contributed by atoms with Crippen LogP contribution in [0.15, 0.2) is 30.5 Å². The number of hydrogen-bond acceptors (Lipinski definition) is 3. The van der Waals surface area contributed by atoms with Crippen molar-refractivity contribution in [3.63, 3.8) is 0 Å². The fourth-order valence-electron chi connectivity index (χ4n) is 1.88. The number of fused-ring (bicyclic) bond motifs is 1. The average Bonchev–Trinajstić information content (AvgIpc) is 2.91. The lowest BCUT2D eigenvalue weighted by Crippen LogP contribution is -1.77. The molecule has 3 nitrogen and oxygen atoms in total. The maximum atomic E-state index is 9.27. The Morgan fingerprint density at radius 2 is 2.24 bits per heavy atom. The minimum Gasteiger partial charge on any atom is -0.351 e. The van der Waals surface area contributed by atoms with Gasteiger partial charge in [-0.25, -0.2) is 0 Å². The highest BCUT2D eigenvalue weighted by Gasteiger charge is 2.14. The van der Waals surface area contributed by atoms with E-state index in [4.69, 9.17) is 0 Å². The highest BCUT2D eigenvalue weighted by Crippen LogP contribution is 2.32. The summed E-state index contributed by atoms with van der Waals surface area (Å²) in [5, 5.41) is 9.27. The summed E-state index contributed by atoms with van der Waals surface area (Å²) in [6.45, 7) is 2.06. The molecule has 3 heterocycles. The largest absolute Gasteiger partial charge is 0.351 e. The Morgan fingerprint density at radius 3 is 2.94 bits per heavy atom. The van der Waals surface area contributed by atoms with Gasteiger partial charge in [0.25, 0.3) is 0 Å². The second-order valence-electron chi connectivity index (χ2n) is 3.80. The van der Waals surface area contributed by atoms with Crippen LogP contribution in [0.2, 0.25) is 0 Å². The van der Waals surface area contributed by atoms with Gasteiger partial charge in [-0.2, -0.15) is 5.26 Å². The molecule has 0 saturated carbocycles. The van der Waals surface area contributed by atoms with Crippen LogP contribution in [0.1, 0.15) is 10.4 Å². The molecule has 0 spiro atoms. The van der Waals surface area contributed by atoms with Gasteiger partial charge in [0.05, 0.1) is 16.1 Å². The molecule has 0 saturated heterocycles. The SMILES string of the molecule is Cc1ccc(-c2[nH]c3cccnc3c2C#N)s1. The van der Waals surface area contributed by atoms with E-state index in [9.17, 15) is 5.26 Å². The maximum Gasteiger partial charge on any atom is 0.106 e. The molecule has 3 aromatic heterocycles. The topological polar surface area (TPSA) is 52.5 Å². The number of thiophene rings is 1. The van der Waals surface area contributed by atoms with Gasteiger partial charge in [-0.1, -0.05) is 0 Å². The number of aromatic nitrogens is 2. The van der Waals surface area contributed by atoms with E-state index in [0.717, 1.165) is 21.6 Å². The molecule has 0 aliphatic heterocycles. The highest BCUT2D eigenvalue weighted by molar-refractivity contribution is 7.15. The molecule has 0 bridgehead atoms. The third-order valence-electron chi connectivity index (χ3n) is 2.65. The number of hydrogen-bond donors (Lipinski definition) is 1. The Morgan fingerprint density at radius 1 is 1.35 bits per heavy atom. The second kappa shape index (κ2) is 3.72. The summed E-state index contributed by atoms with van der Waals surface area (Å²) in [6, 6.07) is 10.1. The van der Waals surface area contributed by atoms with Crippen molar-refractivity contribution in [2.24, 2.45) is 0 Å². The van der Waals surface area contributed by atoms with Crippen molar-refractivity contribution >= 4 is 22.4 Å². The lowest BCUT2D eigenvalue weighted by molar-refractivity contribution is 1.40. The molecule has 3 rings (SSSR count). The van der Waals surface area contributed by atoms with Crippen LogP contribution in [0.3, 0.4) is 0 Å². The quantitative estimate of drug-likeness (QED) is 0.707. The summed E-state index contributed by atoms with van der Waals surface area (Å²) in [6.07, 6.45) is 1.71. The van der Waals surface area contributed by atoms with Crippen molar-refractivity contribution < 1.29 is 0 Å². The van der Waals surface area contributed by atoms with Crippen LogP contribution < -0.4 is 0 Å². The number of aryl methyl sites for hydroxylation is 1. The van der Waals surface area contributed by atoms with Gasteiger partial charge in [0.1, 0.15) is 17.1 Å². The molecule has 4 heteroatoms. The van der Waals surface area contributed by atoms with E-state index in [2.05, 4.69) is 29.0 Å². The summed E-state index contributed by atoms with van der Waals surface area (Å²) >= 11 is 1.68. The average molecular weight is 239 g/mol. The third kappa shape index (κ3) is 1.52. The zero-order valence-corrected chi connectivity index (χ0v) is 10.0. The first-order valence-electron chi connectivity index (χ1n) is 5.23. The first-order valence-corrected chi connectivity index (χ1v) is 6.05. The number of aromatic amines is 1. The predicted molar refractivity (Wildman–Crippen MR) is 68.9 cm³/mol. The summed E-state index contributed by atoms with van der Waals surface area (Å²) < 4.78 is 0. The van der Waals surface area contributed by atoms with Crippen LogP contribution in [-0.4, -0.2) is 9.97 Å². The minimum absolute atomic E-state index is 0.627. The van der Waals surface area contributed by atoms with E-state index in [0.29, 0.717) is 5.56 Å². The van der Waals surface area contributed by atoms with Gasteiger partial charge in [0.15, 0.2) is 0 Å². The molecular weight excluding hydrogens is 230 g/mol. The van der Waals surface area contributed by atoms with Gasteiger partial charge in [-0.05, 0) is 31.2 Å². The molecule has 0 radical (unpaired) electrons. The van der Waals surface area contributed by atoms with Crippen molar-refractivity contribution in [3.8, 4) is 16.6 Å². The van der Waals surface area contributed by atoms with Crippen LogP contribution in [0, 0.1) is 18.3 Å². The lowest BCUT2D eigenvalue weighted by atomic mass is 10.2. The van der Waals surface area contributed by atoms with Crippen molar-refractivity contribution in [1.82, 2.24) is 9.97 Å². The number of nitrogens with zero attached hydrogens (tertiary/aromatic N) is 2. The van der Waals surface area contributed by atoms with Gasteiger partial charge < -0.3 is 4.98 Å². The first-order chi connectivity index (χ1) is 8.29. The first kappa shape index (κ1) is 10.1. The molecular formula is C13H9N3S. The fraction of sp³-hybridized carbons (Fsp3) is 0.0769. The van der Waals surface area contributed by atoms with Crippen molar-refractivity contribution in [3.05, 3.63) is 40.9 Å². The summed E-state index contributed by atoms with van der Waals surface area (Å²) in [7, 11) is 0. The van der Waals surface area contributed by atoms with Crippen LogP contribution in [-0.2, 0) is 0 Å². The lowest BCUT2D eigenvalue weighted by Gasteiger charge is -1.92. The Labute approximate surface area is 102 Å². The van der Waals surface area contributed by atoms with Crippen LogP contribution in [0.25, 0.3) is 21.6 Å². The van der Waals surface area contributed by atoms with Gasteiger partial charge >= 0.3 is 0 Å². The molecule has 0 aliphatic carbocycles. The van der Waals surface area contributed by atoms with E-state index in [1.54, 1.807) is 17.5 Å². The van der Waals surface area contributed by atoms with Crippen molar-refractivity contribution in [1.29, 1.82) is 5.26 Å². The van der Waals surface area contributed by atoms with Crippen molar-refractivity contribution in [2.45, 2.75) is 6.92 Å². The van der Waals surface area contributed by atoms with E-state index in [-0.39, 0.29) is 0 Å². The number of H-pyrrole nitrogens is 1. The van der Waals surface area contributed by atoms with Gasteiger partial charge in [-0.3, -0.25) is 4.98 Å². The number of nitrogens with one attached hydrogen (secondary N) is 1.